The molecule has 3 aromatic rings. The van der Waals surface area contributed by atoms with E-state index in [4.69, 9.17) is 21.1 Å². The van der Waals surface area contributed by atoms with E-state index in [0.717, 1.165) is 35.7 Å². The van der Waals surface area contributed by atoms with Gasteiger partial charge < -0.3 is 9.47 Å². The van der Waals surface area contributed by atoms with E-state index >= 15 is 0 Å². The van der Waals surface area contributed by atoms with Crippen LogP contribution in [-0.4, -0.2) is 25.0 Å². The zero-order chi connectivity index (χ0) is 19.5. The Morgan fingerprint density at radius 1 is 1.00 bits per heavy atom. The van der Waals surface area contributed by atoms with E-state index < -0.39 is 0 Å². The third-order valence-corrected chi connectivity index (χ3v) is 6.69. The number of hydrogen-bond donors (Lipinski definition) is 0. The summed E-state index contributed by atoms with van der Waals surface area (Å²) >= 11 is 5.96. The maximum Gasteiger partial charge on any atom is 0.169 e. The number of aromatic nitrogens is 1. The number of fused-ring (bicyclic) bond motifs is 1. The van der Waals surface area contributed by atoms with E-state index in [9.17, 15) is 4.79 Å². The summed E-state index contributed by atoms with van der Waals surface area (Å²) in [6.07, 6.45) is 4.50. The van der Waals surface area contributed by atoms with Gasteiger partial charge in [0.05, 0.1) is 19.7 Å². The van der Waals surface area contributed by atoms with Crippen molar-refractivity contribution in [3.63, 3.8) is 0 Å². The van der Waals surface area contributed by atoms with Gasteiger partial charge in [-0.25, -0.2) is 0 Å². The molecule has 0 spiro atoms. The van der Waals surface area contributed by atoms with Gasteiger partial charge in [-0.05, 0) is 66.6 Å². The second kappa shape index (κ2) is 5.95. The molecule has 0 radical (unpaired) electrons. The van der Waals surface area contributed by atoms with Gasteiger partial charge in [0.1, 0.15) is 0 Å². The molecule has 3 aliphatic rings. The smallest absolute Gasteiger partial charge is 0.169 e. The van der Waals surface area contributed by atoms with Gasteiger partial charge in [-0.2, -0.15) is 0 Å². The van der Waals surface area contributed by atoms with Crippen molar-refractivity contribution in [3.8, 4) is 11.5 Å². The Kier molecular flexibility index (Phi) is 3.72. The number of hydrogen-bond acceptors (Lipinski definition) is 4. The summed E-state index contributed by atoms with van der Waals surface area (Å²) in [5.41, 5.74) is 2.73. The number of carbonyl (C=O) groups is 1. The number of carbonyl (C=O) groups excluding carboxylic acids is 1. The fourth-order valence-corrected chi connectivity index (χ4v) is 5.28. The van der Waals surface area contributed by atoms with Crippen molar-refractivity contribution in [2.45, 2.75) is 24.7 Å². The van der Waals surface area contributed by atoms with E-state index in [1.54, 1.807) is 26.4 Å². The Bertz CT molecular complexity index is 1090. The van der Waals surface area contributed by atoms with Crippen LogP contribution in [0.1, 0.15) is 35.2 Å². The molecule has 0 saturated heterocycles. The van der Waals surface area contributed by atoms with Crippen LogP contribution in [0.15, 0.2) is 48.7 Å². The first-order valence-electron chi connectivity index (χ1n) is 9.32. The largest absolute Gasteiger partial charge is 0.493 e. The highest BCUT2D eigenvalue weighted by atomic mass is 35.5. The molecule has 1 heterocycles. The number of rotatable bonds is 5. The molecule has 5 heteroatoms. The minimum absolute atomic E-state index is 0.0584. The van der Waals surface area contributed by atoms with Crippen LogP contribution in [0.25, 0.3) is 10.9 Å². The van der Waals surface area contributed by atoms with Crippen molar-refractivity contribution >= 4 is 28.3 Å². The van der Waals surface area contributed by atoms with Gasteiger partial charge in [-0.15, -0.1) is 0 Å². The van der Waals surface area contributed by atoms with Crippen LogP contribution < -0.4 is 9.47 Å². The number of nitrogens with zero attached hydrogens (tertiary/aromatic N) is 1. The average molecular weight is 394 g/mol. The van der Waals surface area contributed by atoms with Crippen molar-refractivity contribution in [2.75, 3.05) is 14.2 Å². The molecule has 0 N–H and O–H groups in total. The van der Waals surface area contributed by atoms with Crippen molar-refractivity contribution in [2.24, 2.45) is 5.41 Å². The van der Waals surface area contributed by atoms with Crippen LogP contribution >= 0.6 is 11.6 Å². The molecule has 6 rings (SSSR count). The lowest BCUT2D eigenvalue weighted by molar-refractivity contribution is -0.104. The lowest BCUT2D eigenvalue weighted by Gasteiger charge is -2.70. The monoisotopic (exact) mass is 393 g/mol. The van der Waals surface area contributed by atoms with Gasteiger partial charge in [-0.3, -0.25) is 9.78 Å². The number of halogens is 1. The summed E-state index contributed by atoms with van der Waals surface area (Å²) in [6, 6.07) is 13.2. The molecule has 3 aliphatic carbocycles. The van der Waals surface area contributed by atoms with Crippen molar-refractivity contribution in [1.82, 2.24) is 4.98 Å². The highest BCUT2D eigenvalue weighted by Crippen LogP contribution is 2.75. The molecule has 0 atom stereocenters. The van der Waals surface area contributed by atoms with Gasteiger partial charge in [0.25, 0.3) is 0 Å². The Hall–Kier alpha value is -2.59. The number of ketones is 1. The van der Waals surface area contributed by atoms with Gasteiger partial charge >= 0.3 is 0 Å². The maximum absolute atomic E-state index is 13.0. The molecule has 3 fully saturated rings. The van der Waals surface area contributed by atoms with E-state index in [1.165, 1.54) is 5.56 Å². The van der Waals surface area contributed by atoms with E-state index in [0.29, 0.717) is 16.5 Å². The van der Waals surface area contributed by atoms with Crippen molar-refractivity contribution in [3.05, 3.63) is 64.8 Å². The summed E-state index contributed by atoms with van der Waals surface area (Å²) in [6.45, 7) is 0. The number of ether oxygens (including phenoxy) is 2. The molecule has 0 aliphatic heterocycles. The topological polar surface area (TPSA) is 48.4 Å². The Balaban J connectivity index is 1.47. The maximum atomic E-state index is 13.0. The van der Waals surface area contributed by atoms with Crippen molar-refractivity contribution in [1.29, 1.82) is 0 Å². The molecule has 28 heavy (non-hydrogen) atoms. The lowest BCUT2D eigenvalue weighted by Crippen LogP contribution is -2.67. The number of methoxy groups -OCH3 is 2. The van der Waals surface area contributed by atoms with Crippen LogP contribution in [0.3, 0.4) is 0 Å². The van der Waals surface area contributed by atoms with E-state index in [2.05, 4.69) is 11.1 Å². The zero-order valence-corrected chi connectivity index (χ0v) is 16.5. The normalized spacial score (nSPS) is 25.0. The highest BCUT2D eigenvalue weighted by molar-refractivity contribution is 6.30. The summed E-state index contributed by atoms with van der Waals surface area (Å²) < 4.78 is 10.9. The molecule has 1 aromatic heterocycles. The highest BCUT2D eigenvalue weighted by Gasteiger charge is 2.71. The second-order valence-corrected chi connectivity index (χ2v) is 8.45. The van der Waals surface area contributed by atoms with Gasteiger partial charge in [0.15, 0.2) is 17.3 Å². The minimum atomic E-state index is -0.222. The molecule has 2 aromatic carbocycles. The zero-order valence-electron chi connectivity index (χ0n) is 15.8. The Labute approximate surface area is 168 Å². The SMILES string of the molecule is COc1cc2nccc(C34CC(C(=O)c5ccc(Cl)cc5)(C3)C4)c2cc1OC. The first-order valence-corrected chi connectivity index (χ1v) is 9.70. The Morgan fingerprint density at radius 2 is 1.64 bits per heavy atom. The van der Waals surface area contributed by atoms with Crippen LogP contribution in [0.4, 0.5) is 0 Å². The van der Waals surface area contributed by atoms with Gasteiger partial charge in [-0.1, -0.05) is 11.6 Å². The fourth-order valence-electron chi connectivity index (χ4n) is 5.16. The standard InChI is InChI=1S/C23H20ClNO3/c1-27-19-9-16-17(7-8-25-18(16)10-20(19)28-2)22-11-23(12-22,13-22)21(26)14-3-5-15(24)6-4-14/h3-10H,11-13H2,1-2H3. The molecule has 142 valence electrons. The molecule has 0 amide bonds. The van der Waals surface area contributed by atoms with Crippen LogP contribution in [-0.2, 0) is 5.41 Å². The van der Waals surface area contributed by atoms with Crippen LogP contribution in [0, 0.1) is 5.41 Å². The number of pyridine rings is 1. The fraction of sp³-hybridized carbons (Fsp3) is 0.304. The third kappa shape index (κ3) is 2.31. The predicted molar refractivity (Wildman–Crippen MR) is 109 cm³/mol. The minimum Gasteiger partial charge on any atom is -0.493 e. The predicted octanol–water partition coefficient (Wildman–Crippen LogP) is 5.21. The Morgan fingerprint density at radius 3 is 2.29 bits per heavy atom. The van der Waals surface area contributed by atoms with Crippen molar-refractivity contribution < 1.29 is 14.3 Å². The summed E-state index contributed by atoms with van der Waals surface area (Å²) in [4.78, 5) is 17.5. The van der Waals surface area contributed by atoms with Gasteiger partial charge in [0.2, 0.25) is 0 Å². The van der Waals surface area contributed by atoms with Crippen LogP contribution in [0.5, 0.6) is 11.5 Å². The molecule has 3 saturated carbocycles. The first-order chi connectivity index (χ1) is 13.5. The van der Waals surface area contributed by atoms with E-state index in [1.807, 2.05) is 30.5 Å². The van der Waals surface area contributed by atoms with Gasteiger partial charge in [0, 0.05) is 33.7 Å². The second-order valence-electron chi connectivity index (χ2n) is 8.01. The third-order valence-electron chi connectivity index (χ3n) is 6.44. The molecular weight excluding hydrogens is 374 g/mol. The molecular formula is C23H20ClNO3. The summed E-state index contributed by atoms with van der Waals surface area (Å²) in [5.74, 6) is 1.61. The molecule has 2 bridgehead atoms. The summed E-state index contributed by atoms with van der Waals surface area (Å²) in [7, 11) is 3.27. The number of benzene rings is 2. The van der Waals surface area contributed by atoms with E-state index in [-0.39, 0.29) is 16.6 Å². The number of Topliss-reactive ketones (excluding diaryl/α,β-unsaturated/α-hetero) is 1. The van der Waals surface area contributed by atoms with Crippen LogP contribution in [0.2, 0.25) is 5.02 Å². The molecule has 0 unspecified atom stereocenters. The average Bonchev–Trinajstić information content (AvgIpc) is 2.65. The lowest BCUT2D eigenvalue weighted by atomic mass is 9.32. The quantitative estimate of drug-likeness (QED) is 0.558. The molecule has 4 nitrogen and oxygen atoms in total. The summed E-state index contributed by atoms with van der Waals surface area (Å²) in [5, 5.41) is 1.73. The first kappa shape index (κ1) is 17.5.